The molecule has 3 nitrogen and oxygen atoms in total. The first-order valence-corrected chi connectivity index (χ1v) is 8.70. The third-order valence-electron chi connectivity index (χ3n) is 4.81. The van der Waals surface area contributed by atoms with Gasteiger partial charge in [0.1, 0.15) is 5.82 Å². The summed E-state index contributed by atoms with van der Waals surface area (Å²) in [7, 11) is 0. The topological polar surface area (TPSA) is 29.9 Å². The van der Waals surface area contributed by atoms with Gasteiger partial charge in [-0.2, -0.15) is 5.10 Å². The first-order valence-electron chi connectivity index (χ1n) is 7.91. The van der Waals surface area contributed by atoms with Crippen LogP contribution in [-0.2, 0) is 0 Å². The van der Waals surface area contributed by atoms with E-state index in [-0.39, 0.29) is 0 Å². The summed E-state index contributed by atoms with van der Waals surface area (Å²) >= 11 is 3.80. The highest BCUT2D eigenvalue weighted by molar-refractivity contribution is 9.10. The molecule has 2 heterocycles. The predicted octanol–water partition coefficient (Wildman–Crippen LogP) is 4.71. The van der Waals surface area contributed by atoms with E-state index in [9.17, 15) is 0 Å². The summed E-state index contributed by atoms with van der Waals surface area (Å²) in [5.74, 6) is 1.80. The summed E-state index contributed by atoms with van der Waals surface area (Å²) < 4.78 is 3.39. The Balaban J connectivity index is 1.76. The molecule has 4 rings (SSSR count). The first-order chi connectivity index (χ1) is 10.3. The number of benzene rings is 1. The molecule has 0 bridgehead atoms. The fourth-order valence-corrected chi connectivity index (χ4v) is 4.43. The number of halogens is 1. The minimum atomic E-state index is 0.355. The van der Waals surface area contributed by atoms with E-state index >= 15 is 0 Å². The molecular formula is C17H20BrN3. The predicted molar refractivity (Wildman–Crippen MR) is 88.8 cm³/mol. The normalized spacial score (nSPS) is 22.0. The van der Waals surface area contributed by atoms with E-state index in [1.807, 2.05) is 0 Å². The minimum absolute atomic E-state index is 0.355. The van der Waals surface area contributed by atoms with E-state index in [2.05, 4.69) is 56.3 Å². The van der Waals surface area contributed by atoms with Crippen molar-refractivity contribution in [2.24, 2.45) is 0 Å². The molecule has 1 N–H and O–H groups in total. The van der Waals surface area contributed by atoms with Crippen LogP contribution in [0, 0.1) is 0 Å². The monoisotopic (exact) mass is 345 g/mol. The molecule has 110 valence electrons. The zero-order valence-corrected chi connectivity index (χ0v) is 13.6. The summed E-state index contributed by atoms with van der Waals surface area (Å²) in [5.41, 5.74) is 2.62. The maximum absolute atomic E-state index is 5.00. The zero-order valence-electron chi connectivity index (χ0n) is 12.1. The lowest BCUT2D eigenvalue weighted by atomic mass is 10.0. The van der Waals surface area contributed by atoms with Crippen LogP contribution < -0.4 is 5.32 Å². The molecule has 1 aromatic carbocycles. The summed E-state index contributed by atoms with van der Waals surface area (Å²) in [4.78, 5) is 0. The zero-order chi connectivity index (χ0) is 14.2. The molecule has 1 aliphatic heterocycles. The number of nitrogens with one attached hydrogen (secondary N) is 1. The maximum atomic E-state index is 5.00. The Kier molecular flexibility index (Phi) is 3.49. The van der Waals surface area contributed by atoms with Gasteiger partial charge in [-0.15, -0.1) is 0 Å². The number of hydrogen-bond acceptors (Lipinski definition) is 2. The maximum Gasteiger partial charge on any atom is 0.139 e. The Morgan fingerprint density at radius 2 is 1.86 bits per heavy atom. The van der Waals surface area contributed by atoms with Crippen molar-refractivity contribution < 1.29 is 0 Å². The molecule has 0 radical (unpaired) electrons. The van der Waals surface area contributed by atoms with Crippen molar-refractivity contribution in [3.8, 4) is 0 Å². The number of rotatable bonds is 2. The van der Waals surface area contributed by atoms with Gasteiger partial charge in [-0.25, -0.2) is 4.68 Å². The van der Waals surface area contributed by atoms with Crippen molar-refractivity contribution in [1.29, 1.82) is 0 Å². The van der Waals surface area contributed by atoms with Gasteiger partial charge in [-0.3, -0.25) is 0 Å². The molecule has 1 aromatic heterocycles. The molecule has 0 saturated heterocycles. The quantitative estimate of drug-likeness (QED) is 0.854. The lowest BCUT2D eigenvalue weighted by Gasteiger charge is -2.26. The number of aromatic nitrogens is 2. The Bertz CT molecular complexity index is 629. The lowest BCUT2D eigenvalue weighted by molar-refractivity contribution is 0.473. The van der Waals surface area contributed by atoms with Crippen molar-refractivity contribution >= 4 is 21.7 Å². The fourth-order valence-electron chi connectivity index (χ4n) is 3.71. The van der Waals surface area contributed by atoms with Crippen LogP contribution in [0.4, 0.5) is 5.82 Å². The van der Waals surface area contributed by atoms with Crippen LogP contribution in [0.25, 0.3) is 0 Å². The highest BCUT2D eigenvalue weighted by atomic mass is 79.9. The van der Waals surface area contributed by atoms with Crippen molar-refractivity contribution in [2.75, 3.05) is 11.9 Å². The van der Waals surface area contributed by atoms with Gasteiger partial charge in [0.25, 0.3) is 0 Å². The second-order valence-electron chi connectivity index (χ2n) is 6.12. The average molecular weight is 346 g/mol. The van der Waals surface area contributed by atoms with Crippen LogP contribution in [0.3, 0.4) is 0 Å². The van der Waals surface area contributed by atoms with Crippen LogP contribution in [0.2, 0.25) is 0 Å². The van der Waals surface area contributed by atoms with Crippen molar-refractivity contribution in [3.05, 3.63) is 46.1 Å². The van der Waals surface area contributed by atoms with Crippen LogP contribution in [0.5, 0.6) is 0 Å². The van der Waals surface area contributed by atoms with Gasteiger partial charge < -0.3 is 5.32 Å². The Morgan fingerprint density at radius 3 is 2.62 bits per heavy atom. The van der Waals surface area contributed by atoms with E-state index in [0.717, 1.165) is 18.8 Å². The van der Waals surface area contributed by atoms with Gasteiger partial charge >= 0.3 is 0 Å². The number of hydrogen-bond donors (Lipinski definition) is 1. The molecule has 0 spiro atoms. The van der Waals surface area contributed by atoms with Gasteiger partial charge in [0.2, 0.25) is 0 Å². The van der Waals surface area contributed by atoms with Gasteiger partial charge in [0.15, 0.2) is 0 Å². The Hall–Kier alpha value is -1.29. The van der Waals surface area contributed by atoms with Crippen LogP contribution >= 0.6 is 15.9 Å². The van der Waals surface area contributed by atoms with E-state index in [1.54, 1.807) is 0 Å². The molecule has 21 heavy (non-hydrogen) atoms. The SMILES string of the molecule is Brc1c(C2CCCC2)nn2c1NCCC2c1ccccc1. The van der Waals surface area contributed by atoms with E-state index in [1.165, 1.54) is 41.4 Å². The summed E-state index contributed by atoms with van der Waals surface area (Å²) in [6.07, 6.45) is 6.34. The van der Waals surface area contributed by atoms with Gasteiger partial charge in [0, 0.05) is 12.5 Å². The third kappa shape index (κ3) is 2.30. The Labute approximate surface area is 133 Å². The third-order valence-corrected chi connectivity index (χ3v) is 5.59. The molecule has 4 heteroatoms. The fraction of sp³-hybridized carbons (Fsp3) is 0.471. The lowest BCUT2D eigenvalue weighted by Crippen LogP contribution is -2.24. The molecule has 1 unspecified atom stereocenters. The number of fused-ring (bicyclic) bond motifs is 1. The molecule has 1 fully saturated rings. The standard InChI is InChI=1S/C17H20BrN3/c18-15-16(13-8-4-5-9-13)20-21-14(10-11-19-17(15)21)12-6-2-1-3-7-12/h1-3,6-7,13-14,19H,4-5,8-11H2. The molecular weight excluding hydrogens is 326 g/mol. The molecule has 0 amide bonds. The number of nitrogens with zero attached hydrogens (tertiary/aromatic N) is 2. The summed E-state index contributed by atoms with van der Waals surface area (Å²) in [6, 6.07) is 11.1. The van der Waals surface area contributed by atoms with E-state index in [4.69, 9.17) is 5.10 Å². The van der Waals surface area contributed by atoms with E-state index in [0.29, 0.717) is 12.0 Å². The van der Waals surface area contributed by atoms with Gasteiger partial charge in [-0.05, 0) is 40.8 Å². The van der Waals surface area contributed by atoms with E-state index < -0.39 is 0 Å². The van der Waals surface area contributed by atoms with Crippen LogP contribution in [0.1, 0.15) is 55.3 Å². The molecule has 2 aromatic rings. The number of anilines is 1. The first kappa shape index (κ1) is 13.4. The molecule has 1 aliphatic carbocycles. The second kappa shape index (κ2) is 5.48. The van der Waals surface area contributed by atoms with Crippen molar-refractivity contribution in [2.45, 2.75) is 44.1 Å². The highest BCUT2D eigenvalue weighted by Crippen LogP contribution is 2.42. The van der Waals surface area contributed by atoms with Gasteiger partial charge in [-0.1, -0.05) is 43.2 Å². The Morgan fingerprint density at radius 1 is 1.10 bits per heavy atom. The molecule has 1 atom stereocenters. The molecule has 1 saturated carbocycles. The highest BCUT2D eigenvalue weighted by Gasteiger charge is 2.30. The van der Waals surface area contributed by atoms with Gasteiger partial charge in [0.05, 0.1) is 16.2 Å². The van der Waals surface area contributed by atoms with Crippen LogP contribution in [-0.4, -0.2) is 16.3 Å². The second-order valence-corrected chi connectivity index (χ2v) is 6.91. The van der Waals surface area contributed by atoms with Crippen molar-refractivity contribution in [1.82, 2.24) is 9.78 Å². The smallest absolute Gasteiger partial charge is 0.139 e. The molecule has 2 aliphatic rings. The minimum Gasteiger partial charge on any atom is -0.369 e. The summed E-state index contributed by atoms with van der Waals surface area (Å²) in [5, 5.41) is 8.53. The van der Waals surface area contributed by atoms with Crippen LogP contribution in [0.15, 0.2) is 34.8 Å². The van der Waals surface area contributed by atoms with Crippen molar-refractivity contribution in [3.63, 3.8) is 0 Å². The average Bonchev–Trinajstić information content (AvgIpc) is 3.16. The summed E-state index contributed by atoms with van der Waals surface area (Å²) in [6.45, 7) is 1.01. The largest absolute Gasteiger partial charge is 0.369 e.